The van der Waals surface area contributed by atoms with E-state index in [2.05, 4.69) is 30.8 Å². The Hall–Kier alpha value is -0.510. The lowest BCUT2D eigenvalue weighted by atomic mass is 10.5. The molecule has 92 valence electrons. The second-order valence-electron chi connectivity index (χ2n) is 3.20. The van der Waals surface area contributed by atoms with Gasteiger partial charge in [-0.15, -0.1) is 21.5 Å². The van der Waals surface area contributed by atoms with Gasteiger partial charge in [0, 0.05) is 4.88 Å². The van der Waals surface area contributed by atoms with E-state index >= 15 is 0 Å². The SMILES string of the molecule is Cc1nnc(NS(=O)(=O)c2cc(Br)sc2C)s1. The summed E-state index contributed by atoms with van der Waals surface area (Å²) in [5.74, 6) is 0. The van der Waals surface area contributed by atoms with E-state index in [9.17, 15) is 8.42 Å². The lowest BCUT2D eigenvalue weighted by Gasteiger charge is -2.02. The Morgan fingerprint density at radius 3 is 2.47 bits per heavy atom. The first-order chi connectivity index (χ1) is 7.88. The van der Waals surface area contributed by atoms with E-state index in [4.69, 9.17) is 0 Å². The highest BCUT2D eigenvalue weighted by molar-refractivity contribution is 9.11. The van der Waals surface area contributed by atoms with Gasteiger partial charge < -0.3 is 0 Å². The van der Waals surface area contributed by atoms with Gasteiger partial charge in [0.25, 0.3) is 10.0 Å². The lowest BCUT2D eigenvalue weighted by Crippen LogP contribution is -2.12. The average molecular weight is 354 g/mol. The van der Waals surface area contributed by atoms with Crippen molar-refractivity contribution in [1.82, 2.24) is 10.2 Å². The highest BCUT2D eigenvalue weighted by atomic mass is 79.9. The number of rotatable bonds is 3. The van der Waals surface area contributed by atoms with Crippen molar-refractivity contribution in [2.75, 3.05) is 4.72 Å². The zero-order chi connectivity index (χ0) is 12.6. The zero-order valence-electron chi connectivity index (χ0n) is 8.89. The fourth-order valence-electron chi connectivity index (χ4n) is 1.21. The molecular weight excluding hydrogens is 346 g/mol. The quantitative estimate of drug-likeness (QED) is 0.920. The molecule has 0 amide bonds. The maximum Gasteiger partial charge on any atom is 0.264 e. The first kappa shape index (κ1) is 12.9. The summed E-state index contributed by atoms with van der Waals surface area (Å²) in [7, 11) is -3.57. The Morgan fingerprint density at radius 2 is 2.00 bits per heavy atom. The van der Waals surface area contributed by atoms with Crippen LogP contribution in [0.15, 0.2) is 14.7 Å². The first-order valence-electron chi connectivity index (χ1n) is 4.47. The van der Waals surface area contributed by atoms with Crippen LogP contribution in [0.5, 0.6) is 0 Å². The number of sulfonamides is 1. The van der Waals surface area contributed by atoms with Crippen LogP contribution in [0.1, 0.15) is 9.88 Å². The van der Waals surface area contributed by atoms with Gasteiger partial charge in [-0.05, 0) is 35.8 Å². The monoisotopic (exact) mass is 353 g/mol. The molecule has 0 spiro atoms. The fraction of sp³-hybridized carbons (Fsp3) is 0.250. The molecule has 0 atom stereocenters. The molecule has 2 rings (SSSR count). The van der Waals surface area contributed by atoms with Gasteiger partial charge in [-0.25, -0.2) is 8.42 Å². The molecular formula is C8H8BrN3O2S3. The van der Waals surface area contributed by atoms with Crippen LogP contribution in [0.25, 0.3) is 0 Å². The summed E-state index contributed by atoms with van der Waals surface area (Å²) in [6.45, 7) is 3.53. The summed E-state index contributed by atoms with van der Waals surface area (Å²) in [6.07, 6.45) is 0. The van der Waals surface area contributed by atoms with Gasteiger partial charge in [0.2, 0.25) is 5.13 Å². The van der Waals surface area contributed by atoms with Gasteiger partial charge in [-0.1, -0.05) is 11.3 Å². The summed E-state index contributed by atoms with van der Waals surface area (Å²) >= 11 is 5.84. The summed E-state index contributed by atoms with van der Waals surface area (Å²) in [6, 6.07) is 1.58. The lowest BCUT2D eigenvalue weighted by molar-refractivity contribution is 0.601. The number of nitrogens with one attached hydrogen (secondary N) is 1. The van der Waals surface area contributed by atoms with E-state index < -0.39 is 10.0 Å². The van der Waals surface area contributed by atoms with E-state index in [1.807, 2.05) is 0 Å². The molecule has 0 bridgehead atoms. The standard InChI is InChI=1S/C8H8BrN3O2S3/c1-4-6(3-7(9)15-4)17(13,14)12-8-11-10-5(2)16-8/h3H,1-2H3,(H,11,12). The van der Waals surface area contributed by atoms with Crippen LogP contribution in [-0.2, 0) is 10.0 Å². The van der Waals surface area contributed by atoms with Gasteiger partial charge in [0.15, 0.2) is 0 Å². The van der Waals surface area contributed by atoms with E-state index in [0.29, 0.717) is 5.01 Å². The van der Waals surface area contributed by atoms with Crippen LogP contribution in [-0.4, -0.2) is 18.6 Å². The molecule has 2 heterocycles. The maximum atomic E-state index is 12.1. The number of aromatic nitrogens is 2. The van der Waals surface area contributed by atoms with Crippen molar-refractivity contribution < 1.29 is 8.42 Å². The summed E-state index contributed by atoms with van der Waals surface area (Å²) < 4.78 is 27.3. The summed E-state index contributed by atoms with van der Waals surface area (Å²) in [5, 5.41) is 8.49. The van der Waals surface area contributed by atoms with Gasteiger partial charge in [0.1, 0.15) is 9.90 Å². The normalized spacial score (nSPS) is 11.7. The molecule has 0 radical (unpaired) electrons. The molecule has 5 nitrogen and oxygen atoms in total. The minimum absolute atomic E-state index is 0.266. The van der Waals surface area contributed by atoms with E-state index in [1.165, 1.54) is 22.7 Å². The van der Waals surface area contributed by atoms with E-state index in [0.717, 1.165) is 8.66 Å². The van der Waals surface area contributed by atoms with Crippen molar-refractivity contribution in [2.24, 2.45) is 0 Å². The number of hydrogen-bond acceptors (Lipinski definition) is 6. The number of aryl methyl sites for hydroxylation is 2. The van der Waals surface area contributed by atoms with Crippen LogP contribution >= 0.6 is 38.6 Å². The second-order valence-corrected chi connectivity index (χ2v) is 8.67. The number of hydrogen-bond donors (Lipinski definition) is 1. The average Bonchev–Trinajstić information content (AvgIpc) is 2.72. The second kappa shape index (κ2) is 4.63. The minimum Gasteiger partial charge on any atom is -0.253 e. The minimum atomic E-state index is -3.57. The Bertz CT molecular complexity index is 647. The van der Waals surface area contributed by atoms with Crippen LogP contribution in [0.3, 0.4) is 0 Å². The van der Waals surface area contributed by atoms with Gasteiger partial charge >= 0.3 is 0 Å². The Labute approximate surface area is 115 Å². The molecule has 0 saturated carbocycles. The number of nitrogens with zero attached hydrogens (tertiary/aromatic N) is 2. The molecule has 0 aliphatic rings. The van der Waals surface area contributed by atoms with Crippen LogP contribution in [0.2, 0.25) is 0 Å². The van der Waals surface area contributed by atoms with Crippen molar-refractivity contribution in [3.05, 3.63) is 19.7 Å². The molecule has 0 fully saturated rings. The number of anilines is 1. The van der Waals surface area contributed by atoms with Crippen LogP contribution in [0, 0.1) is 13.8 Å². The molecule has 0 aromatic carbocycles. The van der Waals surface area contributed by atoms with Gasteiger partial charge in [-0.2, -0.15) is 0 Å². The van der Waals surface area contributed by atoms with E-state index in [-0.39, 0.29) is 10.0 Å². The van der Waals surface area contributed by atoms with Crippen molar-refractivity contribution in [3.63, 3.8) is 0 Å². The highest BCUT2D eigenvalue weighted by Crippen LogP contribution is 2.31. The predicted molar refractivity (Wildman–Crippen MR) is 72.2 cm³/mol. The van der Waals surface area contributed by atoms with Crippen molar-refractivity contribution >= 4 is 53.8 Å². The predicted octanol–water partition coefficient (Wildman–Crippen LogP) is 2.78. The third kappa shape index (κ3) is 2.84. The molecule has 17 heavy (non-hydrogen) atoms. The Balaban J connectivity index is 2.34. The van der Waals surface area contributed by atoms with E-state index in [1.54, 1.807) is 19.9 Å². The largest absolute Gasteiger partial charge is 0.264 e. The molecule has 1 N–H and O–H groups in total. The third-order valence-electron chi connectivity index (χ3n) is 1.88. The maximum absolute atomic E-state index is 12.1. The fourth-order valence-corrected chi connectivity index (χ4v) is 5.44. The Kier molecular flexibility index (Phi) is 3.53. The molecule has 2 aromatic rings. The van der Waals surface area contributed by atoms with Gasteiger partial charge in [0.05, 0.1) is 3.79 Å². The van der Waals surface area contributed by atoms with Crippen molar-refractivity contribution in [2.45, 2.75) is 18.7 Å². The number of halogens is 1. The summed E-state index contributed by atoms with van der Waals surface area (Å²) in [5.41, 5.74) is 0. The van der Waals surface area contributed by atoms with Crippen LogP contribution in [0.4, 0.5) is 5.13 Å². The highest BCUT2D eigenvalue weighted by Gasteiger charge is 2.20. The first-order valence-corrected chi connectivity index (χ1v) is 8.38. The summed E-state index contributed by atoms with van der Waals surface area (Å²) in [4.78, 5) is 0.993. The smallest absolute Gasteiger partial charge is 0.253 e. The number of thiophene rings is 1. The third-order valence-corrected chi connectivity index (χ3v) is 5.91. The Morgan fingerprint density at radius 1 is 1.29 bits per heavy atom. The topological polar surface area (TPSA) is 72.0 Å². The molecule has 2 aromatic heterocycles. The van der Waals surface area contributed by atoms with Crippen LogP contribution < -0.4 is 4.72 Å². The van der Waals surface area contributed by atoms with Crippen molar-refractivity contribution in [3.8, 4) is 0 Å². The van der Waals surface area contributed by atoms with Gasteiger partial charge in [-0.3, -0.25) is 4.72 Å². The van der Waals surface area contributed by atoms with Crippen molar-refractivity contribution in [1.29, 1.82) is 0 Å². The molecule has 0 unspecified atom stereocenters. The molecule has 0 saturated heterocycles. The molecule has 0 aliphatic carbocycles. The molecule has 0 aliphatic heterocycles. The zero-order valence-corrected chi connectivity index (χ0v) is 12.9. The molecule has 9 heteroatoms.